The first-order valence-corrected chi connectivity index (χ1v) is 7.11. The second kappa shape index (κ2) is 5.55. The largest absolute Gasteiger partial charge is 0.505 e. The van der Waals surface area contributed by atoms with E-state index in [2.05, 4.69) is 0 Å². The Morgan fingerprint density at radius 2 is 1.59 bits per heavy atom. The Bertz CT molecular complexity index is 781. The highest BCUT2D eigenvalue weighted by atomic mass is 35.5. The van der Waals surface area contributed by atoms with Gasteiger partial charge in [0, 0.05) is 15.6 Å². The van der Waals surface area contributed by atoms with Crippen molar-refractivity contribution in [2.75, 3.05) is 0 Å². The molecule has 4 nitrogen and oxygen atoms in total. The minimum atomic E-state index is -1.08. The number of aliphatic hydroxyl groups excluding tert-OH is 2. The highest BCUT2D eigenvalue weighted by Crippen LogP contribution is 2.37. The van der Waals surface area contributed by atoms with Crippen LogP contribution >= 0.6 is 23.2 Å². The van der Waals surface area contributed by atoms with Gasteiger partial charge in [0.25, 0.3) is 0 Å². The number of benzene rings is 2. The Labute approximate surface area is 136 Å². The van der Waals surface area contributed by atoms with Crippen LogP contribution in [-0.2, 0) is 9.53 Å². The van der Waals surface area contributed by atoms with Crippen LogP contribution in [0.3, 0.4) is 0 Å². The number of ether oxygens (including phenoxy) is 1. The third-order valence-corrected chi connectivity index (χ3v) is 3.95. The van der Waals surface area contributed by atoms with Crippen molar-refractivity contribution in [3.8, 4) is 11.1 Å². The second-order valence-corrected chi connectivity index (χ2v) is 5.61. The van der Waals surface area contributed by atoms with Crippen LogP contribution in [0.25, 0.3) is 11.1 Å². The summed E-state index contributed by atoms with van der Waals surface area (Å²) in [5.74, 6) is -2.30. The van der Waals surface area contributed by atoms with Gasteiger partial charge < -0.3 is 14.9 Å². The van der Waals surface area contributed by atoms with Gasteiger partial charge in [0.2, 0.25) is 5.76 Å². The number of esters is 1. The van der Waals surface area contributed by atoms with Gasteiger partial charge in [-0.15, -0.1) is 0 Å². The average Bonchev–Trinajstić information content (AvgIpc) is 2.75. The lowest BCUT2D eigenvalue weighted by Gasteiger charge is -2.13. The van der Waals surface area contributed by atoms with Gasteiger partial charge >= 0.3 is 5.97 Å². The SMILES string of the molecule is O=C1OC(c2ccc(-c3ccc(Cl)cc3)cc2Cl)C(O)=C1O. The number of hydrogen-bond donors (Lipinski definition) is 2. The van der Waals surface area contributed by atoms with Crippen molar-refractivity contribution < 1.29 is 19.7 Å². The van der Waals surface area contributed by atoms with Crippen molar-refractivity contribution in [1.29, 1.82) is 0 Å². The number of halogens is 2. The van der Waals surface area contributed by atoms with Crippen molar-refractivity contribution in [3.63, 3.8) is 0 Å². The molecular formula is C16H10Cl2O4. The maximum atomic E-state index is 11.3. The zero-order valence-electron chi connectivity index (χ0n) is 11.1. The lowest BCUT2D eigenvalue weighted by atomic mass is 10.0. The zero-order valence-corrected chi connectivity index (χ0v) is 12.6. The van der Waals surface area contributed by atoms with Crippen LogP contribution in [0.4, 0.5) is 0 Å². The van der Waals surface area contributed by atoms with Gasteiger partial charge in [-0.1, -0.05) is 47.5 Å². The predicted octanol–water partition coefficient (Wildman–Crippen LogP) is 4.59. The molecule has 0 radical (unpaired) electrons. The topological polar surface area (TPSA) is 66.8 Å². The standard InChI is InChI=1S/C16H10Cl2O4/c17-10-4-1-8(2-5-10)9-3-6-11(12(18)7-9)15-13(19)14(20)16(21)22-15/h1-7,15,19-20H. The van der Waals surface area contributed by atoms with Crippen molar-refractivity contribution >= 4 is 29.2 Å². The Kier molecular flexibility index (Phi) is 3.72. The van der Waals surface area contributed by atoms with E-state index in [9.17, 15) is 15.0 Å². The lowest BCUT2D eigenvalue weighted by Crippen LogP contribution is -2.04. The summed E-state index contributed by atoms with van der Waals surface area (Å²) in [4.78, 5) is 11.3. The summed E-state index contributed by atoms with van der Waals surface area (Å²) in [6.07, 6.45) is -1.08. The van der Waals surface area contributed by atoms with E-state index in [-0.39, 0.29) is 0 Å². The molecule has 1 atom stereocenters. The molecule has 2 aromatic rings. The fourth-order valence-corrected chi connectivity index (χ4v) is 2.63. The van der Waals surface area contributed by atoms with Crippen LogP contribution in [0.5, 0.6) is 0 Å². The molecule has 0 bridgehead atoms. The highest BCUT2D eigenvalue weighted by molar-refractivity contribution is 6.32. The minimum absolute atomic E-state index is 0.312. The van der Waals surface area contributed by atoms with Crippen molar-refractivity contribution in [2.24, 2.45) is 0 Å². The fraction of sp³-hybridized carbons (Fsp3) is 0.0625. The third kappa shape index (κ3) is 2.51. The first-order valence-electron chi connectivity index (χ1n) is 6.36. The molecule has 0 amide bonds. The number of hydrogen-bond acceptors (Lipinski definition) is 4. The summed E-state index contributed by atoms with van der Waals surface area (Å²) < 4.78 is 4.90. The molecule has 3 rings (SSSR count). The summed E-state index contributed by atoms with van der Waals surface area (Å²) in [5, 5.41) is 20.0. The van der Waals surface area contributed by atoms with E-state index in [0.717, 1.165) is 11.1 Å². The summed E-state index contributed by atoms with van der Waals surface area (Å²) in [6.45, 7) is 0. The molecule has 22 heavy (non-hydrogen) atoms. The Hall–Kier alpha value is -2.17. The summed E-state index contributed by atoms with van der Waals surface area (Å²) in [7, 11) is 0. The Morgan fingerprint density at radius 3 is 2.14 bits per heavy atom. The summed E-state index contributed by atoms with van der Waals surface area (Å²) in [6, 6.07) is 12.4. The van der Waals surface area contributed by atoms with Crippen LogP contribution in [0.1, 0.15) is 11.7 Å². The molecule has 1 heterocycles. The number of carbonyl (C=O) groups is 1. The summed E-state index contributed by atoms with van der Waals surface area (Å²) >= 11 is 12.1. The van der Waals surface area contributed by atoms with E-state index in [1.165, 1.54) is 0 Å². The molecule has 1 aliphatic rings. The molecule has 6 heteroatoms. The molecule has 0 saturated carbocycles. The molecule has 1 aliphatic heterocycles. The average molecular weight is 337 g/mol. The molecular weight excluding hydrogens is 327 g/mol. The molecule has 0 spiro atoms. The minimum Gasteiger partial charge on any atom is -0.505 e. The maximum Gasteiger partial charge on any atom is 0.378 e. The van der Waals surface area contributed by atoms with E-state index in [0.29, 0.717) is 15.6 Å². The number of rotatable bonds is 2. The quantitative estimate of drug-likeness (QED) is 0.787. The third-order valence-electron chi connectivity index (χ3n) is 3.37. The van der Waals surface area contributed by atoms with Crippen LogP contribution in [0, 0.1) is 0 Å². The normalized spacial score (nSPS) is 17.7. The monoisotopic (exact) mass is 336 g/mol. The van der Waals surface area contributed by atoms with Gasteiger partial charge in [-0.05, 0) is 29.3 Å². The highest BCUT2D eigenvalue weighted by Gasteiger charge is 2.36. The molecule has 0 aromatic heterocycles. The van der Waals surface area contributed by atoms with Crippen molar-refractivity contribution in [3.05, 3.63) is 69.6 Å². The van der Waals surface area contributed by atoms with Gasteiger partial charge in [-0.25, -0.2) is 4.79 Å². The lowest BCUT2D eigenvalue weighted by molar-refractivity contribution is -0.142. The molecule has 112 valence electrons. The zero-order chi connectivity index (χ0) is 15.9. The first-order chi connectivity index (χ1) is 10.5. The first kappa shape index (κ1) is 14.8. The van der Waals surface area contributed by atoms with Crippen LogP contribution in [0.15, 0.2) is 54.0 Å². The molecule has 2 aromatic carbocycles. The van der Waals surface area contributed by atoms with Crippen molar-refractivity contribution in [1.82, 2.24) is 0 Å². The summed E-state index contributed by atoms with van der Waals surface area (Å²) in [5.41, 5.74) is 2.17. The van der Waals surface area contributed by atoms with E-state index in [1.807, 2.05) is 12.1 Å². The number of cyclic esters (lactones) is 1. The van der Waals surface area contributed by atoms with Gasteiger partial charge in [0.15, 0.2) is 11.9 Å². The number of carbonyl (C=O) groups excluding carboxylic acids is 1. The molecule has 1 unspecified atom stereocenters. The van der Waals surface area contributed by atoms with Gasteiger partial charge in [-0.2, -0.15) is 0 Å². The molecule has 2 N–H and O–H groups in total. The molecule has 0 aliphatic carbocycles. The van der Waals surface area contributed by atoms with Crippen LogP contribution in [0.2, 0.25) is 10.0 Å². The maximum absolute atomic E-state index is 11.3. The van der Waals surface area contributed by atoms with Gasteiger partial charge in [0.05, 0.1) is 0 Å². The van der Waals surface area contributed by atoms with E-state index in [1.54, 1.807) is 30.3 Å². The fourth-order valence-electron chi connectivity index (χ4n) is 2.22. The smallest absolute Gasteiger partial charge is 0.378 e. The van der Waals surface area contributed by atoms with E-state index < -0.39 is 23.6 Å². The van der Waals surface area contributed by atoms with Gasteiger partial charge in [-0.3, -0.25) is 0 Å². The predicted molar refractivity (Wildman–Crippen MR) is 83.0 cm³/mol. The molecule has 0 saturated heterocycles. The van der Waals surface area contributed by atoms with Crippen LogP contribution < -0.4 is 0 Å². The van der Waals surface area contributed by atoms with Crippen molar-refractivity contribution in [2.45, 2.75) is 6.10 Å². The Morgan fingerprint density at radius 1 is 0.955 bits per heavy atom. The second-order valence-electron chi connectivity index (χ2n) is 4.76. The van der Waals surface area contributed by atoms with E-state index >= 15 is 0 Å². The number of aliphatic hydroxyl groups is 2. The Balaban J connectivity index is 1.97. The van der Waals surface area contributed by atoms with Crippen LogP contribution in [-0.4, -0.2) is 16.2 Å². The molecule has 0 fully saturated rings. The van der Waals surface area contributed by atoms with Gasteiger partial charge in [0.1, 0.15) is 0 Å². The van der Waals surface area contributed by atoms with E-state index in [4.69, 9.17) is 27.9 Å².